The van der Waals surface area contributed by atoms with Crippen molar-refractivity contribution < 1.29 is 19.0 Å². The van der Waals surface area contributed by atoms with Crippen LogP contribution in [0.15, 0.2) is 55.1 Å². The largest absolute Gasteiger partial charge is 0.508 e. The molecule has 2 N–H and O–H groups in total. The molecule has 2 aromatic heterocycles. The second-order valence-electron chi connectivity index (χ2n) is 6.63. The molecule has 0 saturated heterocycles. The third-order valence-electron chi connectivity index (χ3n) is 4.60. The van der Waals surface area contributed by atoms with Gasteiger partial charge in [-0.15, -0.1) is 12.4 Å². The SMILES string of the molecule is COc1cc2c(Nc3cc(O)c(C)cc3F)ncnc2cc1OCc1ccncc1.Cl. The highest BCUT2D eigenvalue weighted by Gasteiger charge is 2.14. The van der Waals surface area contributed by atoms with Crippen LogP contribution in [0.4, 0.5) is 15.9 Å². The number of nitrogens with zero attached hydrogens (tertiary/aromatic N) is 3. The Balaban J connectivity index is 0.00000272. The Kier molecular flexibility index (Phi) is 6.71. The first-order valence-corrected chi connectivity index (χ1v) is 9.15. The molecule has 7 nitrogen and oxygen atoms in total. The second-order valence-corrected chi connectivity index (χ2v) is 6.63. The number of halogens is 2. The lowest BCUT2D eigenvalue weighted by Crippen LogP contribution is -2.01. The minimum atomic E-state index is -0.499. The summed E-state index contributed by atoms with van der Waals surface area (Å²) in [6.45, 7) is 1.97. The average Bonchev–Trinajstić information content (AvgIpc) is 2.76. The molecule has 2 aromatic carbocycles. The summed E-state index contributed by atoms with van der Waals surface area (Å²) in [5.41, 5.74) is 2.11. The fourth-order valence-corrected chi connectivity index (χ4v) is 2.96. The van der Waals surface area contributed by atoms with Crippen molar-refractivity contribution in [3.8, 4) is 17.2 Å². The van der Waals surface area contributed by atoms with E-state index < -0.39 is 5.82 Å². The van der Waals surface area contributed by atoms with Crippen LogP contribution in [0, 0.1) is 12.7 Å². The number of ether oxygens (including phenoxy) is 2. The number of benzene rings is 2. The number of hydrogen-bond donors (Lipinski definition) is 2. The van der Waals surface area contributed by atoms with Crippen LogP contribution >= 0.6 is 12.4 Å². The predicted octanol–water partition coefficient (Wildman–Crippen LogP) is 4.93. The zero-order chi connectivity index (χ0) is 21.1. The molecule has 0 aliphatic heterocycles. The lowest BCUT2D eigenvalue weighted by molar-refractivity contribution is 0.285. The molecule has 0 unspecified atom stereocenters. The summed E-state index contributed by atoms with van der Waals surface area (Å²) >= 11 is 0. The van der Waals surface area contributed by atoms with E-state index in [0.29, 0.717) is 40.4 Å². The molecule has 0 amide bonds. The molecular formula is C22H20ClFN4O3. The van der Waals surface area contributed by atoms with Gasteiger partial charge in [0.15, 0.2) is 11.5 Å². The van der Waals surface area contributed by atoms with Crippen molar-refractivity contribution in [2.75, 3.05) is 12.4 Å². The van der Waals surface area contributed by atoms with Crippen molar-refractivity contribution in [2.24, 2.45) is 0 Å². The molecule has 0 fully saturated rings. The van der Waals surface area contributed by atoms with Crippen LogP contribution in [0.25, 0.3) is 10.9 Å². The minimum absolute atomic E-state index is 0. The number of methoxy groups -OCH3 is 1. The Bertz CT molecular complexity index is 1210. The highest BCUT2D eigenvalue weighted by atomic mass is 35.5. The van der Waals surface area contributed by atoms with E-state index in [0.717, 1.165) is 5.56 Å². The lowest BCUT2D eigenvalue weighted by atomic mass is 10.1. The highest BCUT2D eigenvalue weighted by Crippen LogP contribution is 2.36. The van der Waals surface area contributed by atoms with E-state index in [4.69, 9.17) is 9.47 Å². The van der Waals surface area contributed by atoms with Crippen LogP contribution < -0.4 is 14.8 Å². The third-order valence-corrected chi connectivity index (χ3v) is 4.60. The molecule has 0 radical (unpaired) electrons. The third kappa shape index (κ3) is 4.75. The van der Waals surface area contributed by atoms with Crippen molar-refractivity contribution in [2.45, 2.75) is 13.5 Å². The van der Waals surface area contributed by atoms with Crippen LogP contribution in [0.3, 0.4) is 0 Å². The Hall–Kier alpha value is -3.65. The molecule has 0 aliphatic carbocycles. The molecule has 0 spiro atoms. The molecule has 0 bridgehead atoms. The van der Waals surface area contributed by atoms with Gasteiger partial charge in [-0.3, -0.25) is 4.98 Å². The summed E-state index contributed by atoms with van der Waals surface area (Å²) in [5, 5.41) is 13.4. The van der Waals surface area contributed by atoms with E-state index in [1.54, 1.807) is 31.5 Å². The topological polar surface area (TPSA) is 89.4 Å². The quantitative estimate of drug-likeness (QED) is 0.437. The first-order valence-electron chi connectivity index (χ1n) is 9.15. The van der Waals surface area contributed by atoms with Crippen molar-refractivity contribution in [3.05, 3.63) is 72.1 Å². The lowest BCUT2D eigenvalue weighted by Gasteiger charge is -2.14. The Labute approximate surface area is 184 Å². The number of aromatic hydroxyl groups is 1. The second kappa shape index (κ2) is 9.44. The van der Waals surface area contributed by atoms with Gasteiger partial charge in [-0.25, -0.2) is 14.4 Å². The summed E-state index contributed by atoms with van der Waals surface area (Å²) in [6.07, 6.45) is 4.77. The predicted molar refractivity (Wildman–Crippen MR) is 118 cm³/mol. The van der Waals surface area contributed by atoms with E-state index >= 15 is 0 Å². The Morgan fingerprint density at radius 1 is 1.06 bits per heavy atom. The molecule has 9 heteroatoms. The van der Waals surface area contributed by atoms with Crippen LogP contribution in [0.2, 0.25) is 0 Å². The van der Waals surface area contributed by atoms with Gasteiger partial charge in [-0.05, 0) is 42.3 Å². The van der Waals surface area contributed by atoms with E-state index in [1.165, 1.54) is 25.6 Å². The fourth-order valence-electron chi connectivity index (χ4n) is 2.96. The monoisotopic (exact) mass is 442 g/mol. The smallest absolute Gasteiger partial charge is 0.163 e. The Morgan fingerprint density at radius 3 is 2.58 bits per heavy atom. The zero-order valence-corrected chi connectivity index (χ0v) is 17.6. The van der Waals surface area contributed by atoms with Crippen molar-refractivity contribution in [3.63, 3.8) is 0 Å². The van der Waals surface area contributed by atoms with Gasteiger partial charge in [0.25, 0.3) is 0 Å². The summed E-state index contributed by atoms with van der Waals surface area (Å²) < 4.78 is 25.7. The minimum Gasteiger partial charge on any atom is -0.508 e. The van der Waals surface area contributed by atoms with Gasteiger partial charge in [-0.2, -0.15) is 0 Å². The Morgan fingerprint density at radius 2 is 1.84 bits per heavy atom. The van der Waals surface area contributed by atoms with Gasteiger partial charge in [0.05, 0.1) is 18.3 Å². The van der Waals surface area contributed by atoms with Gasteiger partial charge < -0.3 is 19.9 Å². The normalized spacial score (nSPS) is 10.4. The number of aryl methyl sites for hydroxylation is 1. The molecule has 160 valence electrons. The number of rotatable bonds is 6. The number of anilines is 2. The zero-order valence-electron chi connectivity index (χ0n) is 16.8. The number of phenols is 1. The number of hydrogen-bond acceptors (Lipinski definition) is 7. The van der Waals surface area contributed by atoms with E-state index in [9.17, 15) is 9.50 Å². The molecule has 4 aromatic rings. The number of pyridine rings is 1. The molecule has 2 heterocycles. The van der Waals surface area contributed by atoms with Crippen LogP contribution in [0.5, 0.6) is 17.2 Å². The molecule has 0 aliphatic rings. The molecule has 4 rings (SSSR count). The maximum atomic E-state index is 14.3. The van der Waals surface area contributed by atoms with E-state index in [1.807, 2.05) is 12.1 Å². The van der Waals surface area contributed by atoms with Gasteiger partial charge >= 0.3 is 0 Å². The number of fused-ring (bicyclic) bond motifs is 1. The molecule has 0 saturated carbocycles. The van der Waals surface area contributed by atoms with Crippen molar-refractivity contribution in [1.29, 1.82) is 0 Å². The van der Waals surface area contributed by atoms with Gasteiger partial charge in [0, 0.05) is 29.9 Å². The molecular weight excluding hydrogens is 423 g/mol. The average molecular weight is 443 g/mol. The summed E-state index contributed by atoms with van der Waals surface area (Å²) in [5.74, 6) is 0.872. The highest BCUT2D eigenvalue weighted by molar-refractivity contribution is 5.93. The summed E-state index contributed by atoms with van der Waals surface area (Å²) in [6, 6.07) is 9.78. The number of aromatic nitrogens is 3. The summed E-state index contributed by atoms with van der Waals surface area (Å²) in [7, 11) is 1.54. The van der Waals surface area contributed by atoms with Crippen molar-refractivity contribution >= 4 is 34.8 Å². The van der Waals surface area contributed by atoms with E-state index in [-0.39, 0.29) is 23.8 Å². The number of nitrogens with one attached hydrogen (secondary N) is 1. The first-order chi connectivity index (χ1) is 14.5. The van der Waals surface area contributed by atoms with Gasteiger partial charge in [0.1, 0.15) is 30.3 Å². The van der Waals surface area contributed by atoms with Crippen LogP contribution in [-0.2, 0) is 6.61 Å². The summed E-state index contributed by atoms with van der Waals surface area (Å²) in [4.78, 5) is 12.5. The maximum absolute atomic E-state index is 14.3. The molecule has 0 atom stereocenters. The van der Waals surface area contributed by atoms with E-state index in [2.05, 4.69) is 20.3 Å². The standard InChI is InChI=1S/C22H19FN4O3.ClH/c1-13-7-16(23)18(9-19(13)28)27-22-15-8-20(29-2)21(10-17(15)25-12-26-22)30-11-14-3-5-24-6-4-14;/h3-10,12,28H,11H2,1-2H3,(H,25,26,27);1H. The van der Waals surface area contributed by atoms with Crippen LogP contribution in [0.1, 0.15) is 11.1 Å². The van der Waals surface area contributed by atoms with Gasteiger partial charge in [-0.1, -0.05) is 0 Å². The fraction of sp³-hybridized carbons (Fsp3) is 0.136. The van der Waals surface area contributed by atoms with Gasteiger partial charge in [0.2, 0.25) is 0 Å². The van der Waals surface area contributed by atoms with Crippen LogP contribution in [-0.4, -0.2) is 27.2 Å². The van der Waals surface area contributed by atoms with Crippen molar-refractivity contribution in [1.82, 2.24) is 15.0 Å². The maximum Gasteiger partial charge on any atom is 0.163 e. The molecule has 31 heavy (non-hydrogen) atoms. The number of phenolic OH excluding ortho intramolecular Hbond substituents is 1. The first kappa shape index (κ1) is 22.0.